The summed E-state index contributed by atoms with van der Waals surface area (Å²) in [6.07, 6.45) is 4.37. The van der Waals surface area contributed by atoms with Crippen LogP contribution in [0.5, 0.6) is 0 Å². The van der Waals surface area contributed by atoms with E-state index in [-0.39, 0.29) is 11.9 Å². The first-order valence-electron chi connectivity index (χ1n) is 5.34. The average molecular weight is 235 g/mol. The Morgan fingerprint density at radius 2 is 2.35 bits per heavy atom. The van der Waals surface area contributed by atoms with Gasteiger partial charge in [0.1, 0.15) is 11.5 Å². The van der Waals surface area contributed by atoms with E-state index in [9.17, 15) is 9.59 Å². The van der Waals surface area contributed by atoms with Gasteiger partial charge >= 0.3 is 5.97 Å². The van der Waals surface area contributed by atoms with Crippen molar-refractivity contribution < 1.29 is 14.3 Å². The molecule has 17 heavy (non-hydrogen) atoms. The van der Waals surface area contributed by atoms with Gasteiger partial charge in [-0.2, -0.15) is 0 Å². The molecule has 0 bridgehead atoms. The average Bonchev–Trinajstić information content (AvgIpc) is 2.87. The number of rotatable bonds is 3. The Hall–Kier alpha value is -1.98. The Morgan fingerprint density at radius 1 is 1.53 bits per heavy atom. The van der Waals surface area contributed by atoms with Crippen molar-refractivity contribution >= 4 is 18.1 Å². The molecule has 2 rings (SSSR count). The fourth-order valence-electron chi connectivity index (χ4n) is 1.88. The van der Waals surface area contributed by atoms with Crippen molar-refractivity contribution in [3.63, 3.8) is 0 Å². The SMILES string of the molecule is COC(=O)C1CCN(c2cnc(C=O)cn2)C1. The quantitative estimate of drug-likeness (QED) is 0.554. The highest BCUT2D eigenvalue weighted by molar-refractivity contribution is 5.74. The van der Waals surface area contributed by atoms with Gasteiger partial charge in [0.2, 0.25) is 0 Å². The van der Waals surface area contributed by atoms with Crippen LogP contribution in [0.3, 0.4) is 0 Å². The molecule has 1 unspecified atom stereocenters. The van der Waals surface area contributed by atoms with Crippen LogP contribution in [0.4, 0.5) is 5.82 Å². The topological polar surface area (TPSA) is 72.4 Å². The zero-order chi connectivity index (χ0) is 12.3. The zero-order valence-corrected chi connectivity index (χ0v) is 9.50. The number of aldehydes is 1. The number of ether oxygens (including phenoxy) is 1. The smallest absolute Gasteiger partial charge is 0.310 e. The van der Waals surface area contributed by atoms with Gasteiger partial charge in [0.05, 0.1) is 25.4 Å². The van der Waals surface area contributed by atoms with Crippen LogP contribution in [-0.2, 0) is 9.53 Å². The molecule has 1 saturated heterocycles. The Morgan fingerprint density at radius 3 is 2.94 bits per heavy atom. The van der Waals surface area contributed by atoms with Crippen LogP contribution < -0.4 is 4.90 Å². The number of hydrogen-bond acceptors (Lipinski definition) is 6. The first-order chi connectivity index (χ1) is 8.24. The second kappa shape index (κ2) is 4.90. The van der Waals surface area contributed by atoms with Gasteiger partial charge in [-0.15, -0.1) is 0 Å². The number of carbonyl (C=O) groups is 2. The van der Waals surface area contributed by atoms with E-state index >= 15 is 0 Å². The highest BCUT2D eigenvalue weighted by Gasteiger charge is 2.29. The third kappa shape index (κ3) is 2.41. The van der Waals surface area contributed by atoms with E-state index in [0.717, 1.165) is 13.0 Å². The molecule has 1 aliphatic rings. The predicted octanol–water partition coefficient (Wildman–Crippen LogP) is 0.288. The van der Waals surface area contributed by atoms with Crippen molar-refractivity contribution in [1.29, 1.82) is 0 Å². The molecule has 0 radical (unpaired) electrons. The lowest BCUT2D eigenvalue weighted by Crippen LogP contribution is -2.24. The number of carbonyl (C=O) groups excluding carboxylic acids is 2. The molecule has 0 spiro atoms. The van der Waals surface area contributed by atoms with Crippen LogP contribution in [0.1, 0.15) is 16.9 Å². The van der Waals surface area contributed by atoms with Crippen LogP contribution in [0, 0.1) is 5.92 Å². The Balaban J connectivity index is 2.04. The fraction of sp³-hybridized carbons (Fsp3) is 0.455. The van der Waals surface area contributed by atoms with Gasteiger partial charge in [-0.25, -0.2) is 9.97 Å². The summed E-state index contributed by atoms with van der Waals surface area (Å²) in [5.74, 6) is 0.388. The third-order valence-electron chi connectivity index (χ3n) is 2.83. The minimum atomic E-state index is -0.190. The molecule has 6 nitrogen and oxygen atoms in total. The molecule has 6 heteroatoms. The van der Waals surface area contributed by atoms with E-state index in [2.05, 4.69) is 9.97 Å². The summed E-state index contributed by atoms with van der Waals surface area (Å²) in [5.41, 5.74) is 0.303. The molecule has 0 amide bonds. The molecule has 1 fully saturated rings. The largest absolute Gasteiger partial charge is 0.469 e. The maximum absolute atomic E-state index is 11.4. The number of hydrogen-bond donors (Lipinski definition) is 0. The molecule has 1 aromatic rings. The second-order valence-corrected chi connectivity index (χ2v) is 3.87. The van der Waals surface area contributed by atoms with Gasteiger partial charge in [0.15, 0.2) is 6.29 Å². The van der Waals surface area contributed by atoms with Gasteiger partial charge in [-0.1, -0.05) is 0 Å². The number of nitrogens with zero attached hydrogens (tertiary/aromatic N) is 3. The highest BCUT2D eigenvalue weighted by Crippen LogP contribution is 2.22. The molecule has 2 heterocycles. The Bertz CT molecular complexity index is 418. The maximum atomic E-state index is 11.4. The summed E-state index contributed by atoms with van der Waals surface area (Å²) in [6, 6.07) is 0. The number of aromatic nitrogens is 2. The zero-order valence-electron chi connectivity index (χ0n) is 9.50. The summed E-state index contributed by atoms with van der Waals surface area (Å²) in [5, 5.41) is 0. The van der Waals surface area contributed by atoms with Crippen LogP contribution in [0.2, 0.25) is 0 Å². The van der Waals surface area contributed by atoms with E-state index in [1.165, 1.54) is 13.3 Å². The van der Waals surface area contributed by atoms with Crippen LogP contribution in [0.15, 0.2) is 12.4 Å². The van der Waals surface area contributed by atoms with E-state index in [1.807, 2.05) is 4.90 Å². The first kappa shape index (κ1) is 11.5. The number of anilines is 1. The maximum Gasteiger partial charge on any atom is 0.310 e. The highest BCUT2D eigenvalue weighted by atomic mass is 16.5. The molecule has 1 aromatic heterocycles. The van der Waals surface area contributed by atoms with Crippen LogP contribution >= 0.6 is 0 Å². The molecule has 0 aliphatic carbocycles. The van der Waals surface area contributed by atoms with Crippen molar-refractivity contribution in [2.75, 3.05) is 25.1 Å². The van der Waals surface area contributed by atoms with Crippen molar-refractivity contribution in [3.05, 3.63) is 18.1 Å². The summed E-state index contributed by atoms with van der Waals surface area (Å²) >= 11 is 0. The standard InChI is InChI=1S/C11H13N3O3/c1-17-11(16)8-2-3-14(6-8)10-5-12-9(7-15)4-13-10/h4-5,7-8H,2-3,6H2,1H3. The van der Waals surface area contributed by atoms with Gasteiger partial charge in [-0.3, -0.25) is 9.59 Å². The lowest BCUT2D eigenvalue weighted by molar-refractivity contribution is -0.144. The van der Waals surface area contributed by atoms with Crippen LogP contribution in [-0.4, -0.2) is 42.4 Å². The Kier molecular flexibility index (Phi) is 3.32. The molecule has 0 aromatic carbocycles. The van der Waals surface area contributed by atoms with E-state index in [4.69, 9.17) is 4.74 Å². The first-order valence-corrected chi connectivity index (χ1v) is 5.34. The van der Waals surface area contributed by atoms with E-state index in [1.54, 1.807) is 6.20 Å². The lowest BCUT2D eigenvalue weighted by atomic mass is 10.1. The van der Waals surface area contributed by atoms with Gasteiger partial charge in [0, 0.05) is 13.1 Å². The van der Waals surface area contributed by atoms with Crippen molar-refractivity contribution in [2.24, 2.45) is 5.92 Å². The second-order valence-electron chi connectivity index (χ2n) is 3.87. The lowest BCUT2D eigenvalue weighted by Gasteiger charge is -2.16. The summed E-state index contributed by atoms with van der Waals surface area (Å²) in [7, 11) is 1.39. The van der Waals surface area contributed by atoms with Crippen molar-refractivity contribution in [1.82, 2.24) is 9.97 Å². The molecular formula is C11H13N3O3. The van der Waals surface area contributed by atoms with E-state index < -0.39 is 0 Å². The molecular weight excluding hydrogens is 222 g/mol. The minimum Gasteiger partial charge on any atom is -0.469 e. The molecule has 0 N–H and O–H groups in total. The molecule has 1 aliphatic heterocycles. The molecule has 1 atom stereocenters. The molecule has 90 valence electrons. The summed E-state index contributed by atoms with van der Waals surface area (Å²) in [6.45, 7) is 1.33. The number of methoxy groups -OCH3 is 1. The number of esters is 1. The predicted molar refractivity (Wildman–Crippen MR) is 59.8 cm³/mol. The normalized spacial score (nSPS) is 19.1. The van der Waals surface area contributed by atoms with Crippen LogP contribution in [0.25, 0.3) is 0 Å². The Labute approximate surface area is 98.6 Å². The third-order valence-corrected chi connectivity index (χ3v) is 2.83. The van der Waals surface area contributed by atoms with E-state index in [0.29, 0.717) is 24.3 Å². The summed E-state index contributed by atoms with van der Waals surface area (Å²) in [4.78, 5) is 31.8. The van der Waals surface area contributed by atoms with Crippen molar-refractivity contribution in [3.8, 4) is 0 Å². The monoisotopic (exact) mass is 235 g/mol. The van der Waals surface area contributed by atoms with Gasteiger partial charge in [-0.05, 0) is 6.42 Å². The van der Waals surface area contributed by atoms with Gasteiger partial charge < -0.3 is 9.64 Å². The van der Waals surface area contributed by atoms with Gasteiger partial charge in [0.25, 0.3) is 0 Å². The summed E-state index contributed by atoms with van der Waals surface area (Å²) < 4.78 is 4.71. The minimum absolute atomic E-state index is 0.104. The molecule has 0 saturated carbocycles. The van der Waals surface area contributed by atoms with Crippen molar-refractivity contribution in [2.45, 2.75) is 6.42 Å². The fourth-order valence-corrected chi connectivity index (χ4v) is 1.88.